The Labute approximate surface area is 159 Å². The summed E-state index contributed by atoms with van der Waals surface area (Å²) in [4.78, 5) is 9.63. The van der Waals surface area contributed by atoms with Crippen molar-refractivity contribution in [3.8, 4) is 5.75 Å². The van der Waals surface area contributed by atoms with Crippen molar-refractivity contribution < 1.29 is 19.7 Å². The number of benzene rings is 1. The van der Waals surface area contributed by atoms with Crippen LogP contribution in [0.25, 0.3) is 0 Å². The summed E-state index contributed by atoms with van der Waals surface area (Å²) in [5.74, 6) is -0.401. The van der Waals surface area contributed by atoms with E-state index in [1.165, 1.54) is 55.2 Å². The van der Waals surface area contributed by atoms with Gasteiger partial charge in [0.2, 0.25) is 0 Å². The number of phenolic OH excluding ortho intramolecular Hbond substituents is 1. The first-order chi connectivity index (χ1) is 12.5. The fourth-order valence-corrected chi connectivity index (χ4v) is 2.82. The quantitative estimate of drug-likeness (QED) is 0.510. The van der Waals surface area contributed by atoms with E-state index >= 15 is 0 Å². The molecule has 4 heteroatoms. The highest BCUT2D eigenvalue weighted by molar-refractivity contribution is 5.67. The van der Waals surface area contributed by atoms with Gasteiger partial charge in [-0.15, -0.1) is 0 Å². The summed E-state index contributed by atoms with van der Waals surface area (Å²) in [6.07, 6.45) is 10.6. The SMILES string of the molecule is CCCCc1ccc(O)c(CCCC)c1CCCC.CCOCC(=O)O. The van der Waals surface area contributed by atoms with Crippen LogP contribution >= 0.6 is 0 Å². The van der Waals surface area contributed by atoms with Gasteiger partial charge in [-0.3, -0.25) is 0 Å². The molecule has 4 nitrogen and oxygen atoms in total. The van der Waals surface area contributed by atoms with Crippen molar-refractivity contribution in [1.29, 1.82) is 0 Å². The Bertz CT molecular complexity index is 497. The Morgan fingerprint density at radius 3 is 1.88 bits per heavy atom. The molecule has 0 aromatic heterocycles. The van der Waals surface area contributed by atoms with Crippen LogP contribution in [0.1, 0.15) is 82.9 Å². The molecule has 0 saturated carbocycles. The van der Waals surface area contributed by atoms with Crippen LogP contribution in [0.4, 0.5) is 0 Å². The number of phenols is 1. The molecule has 0 aliphatic rings. The lowest BCUT2D eigenvalue weighted by Gasteiger charge is -2.16. The molecule has 0 radical (unpaired) electrons. The zero-order valence-electron chi connectivity index (χ0n) is 17.1. The topological polar surface area (TPSA) is 66.8 Å². The van der Waals surface area contributed by atoms with E-state index < -0.39 is 5.97 Å². The molecular weight excluding hydrogens is 328 g/mol. The van der Waals surface area contributed by atoms with Gasteiger partial charge in [0, 0.05) is 6.61 Å². The van der Waals surface area contributed by atoms with Crippen molar-refractivity contribution in [2.24, 2.45) is 0 Å². The minimum absolute atomic E-state index is 0.184. The van der Waals surface area contributed by atoms with Gasteiger partial charge < -0.3 is 14.9 Å². The molecule has 0 amide bonds. The molecule has 0 fully saturated rings. The highest BCUT2D eigenvalue weighted by Crippen LogP contribution is 2.29. The zero-order valence-corrected chi connectivity index (χ0v) is 17.1. The minimum atomic E-state index is -0.915. The van der Waals surface area contributed by atoms with E-state index in [2.05, 4.69) is 31.6 Å². The highest BCUT2D eigenvalue weighted by atomic mass is 16.5. The maximum Gasteiger partial charge on any atom is 0.329 e. The van der Waals surface area contributed by atoms with E-state index in [-0.39, 0.29) is 6.61 Å². The van der Waals surface area contributed by atoms with Crippen molar-refractivity contribution in [1.82, 2.24) is 0 Å². The van der Waals surface area contributed by atoms with Gasteiger partial charge in [0.05, 0.1) is 0 Å². The van der Waals surface area contributed by atoms with Gasteiger partial charge in [-0.2, -0.15) is 0 Å². The average molecular weight is 367 g/mol. The molecule has 1 aromatic rings. The second-order valence-corrected chi connectivity index (χ2v) is 6.54. The van der Waals surface area contributed by atoms with Crippen LogP contribution in [0.15, 0.2) is 12.1 Å². The monoisotopic (exact) mass is 366 g/mol. The Balaban J connectivity index is 0.000000758. The Morgan fingerprint density at radius 2 is 1.42 bits per heavy atom. The number of carboxylic acid groups (broad SMARTS) is 1. The van der Waals surface area contributed by atoms with Crippen molar-refractivity contribution in [3.63, 3.8) is 0 Å². The van der Waals surface area contributed by atoms with Crippen molar-refractivity contribution in [2.45, 2.75) is 85.5 Å². The number of aliphatic carboxylic acids is 1. The number of hydrogen-bond donors (Lipinski definition) is 2. The van der Waals surface area contributed by atoms with Crippen LogP contribution in [0.3, 0.4) is 0 Å². The van der Waals surface area contributed by atoms with Gasteiger partial charge >= 0.3 is 5.97 Å². The minimum Gasteiger partial charge on any atom is -0.508 e. The van der Waals surface area contributed by atoms with Gasteiger partial charge in [0.25, 0.3) is 0 Å². The fourth-order valence-electron chi connectivity index (χ4n) is 2.82. The highest BCUT2D eigenvalue weighted by Gasteiger charge is 2.12. The predicted octanol–water partition coefficient (Wildman–Crippen LogP) is 5.53. The molecular formula is C22H38O4. The fraction of sp³-hybridized carbons (Fsp3) is 0.682. The summed E-state index contributed by atoms with van der Waals surface area (Å²) in [6.45, 7) is 8.72. The van der Waals surface area contributed by atoms with Crippen LogP contribution in [0.2, 0.25) is 0 Å². The average Bonchev–Trinajstić information content (AvgIpc) is 2.63. The van der Waals surface area contributed by atoms with Gasteiger partial charge in [-0.1, -0.05) is 46.1 Å². The first-order valence-electron chi connectivity index (χ1n) is 10.1. The number of hydrogen-bond acceptors (Lipinski definition) is 3. The van der Waals surface area contributed by atoms with E-state index in [1.54, 1.807) is 6.92 Å². The lowest BCUT2D eigenvalue weighted by Crippen LogP contribution is -2.05. The smallest absolute Gasteiger partial charge is 0.329 e. The lowest BCUT2D eigenvalue weighted by atomic mass is 9.90. The first kappa shape index (κ1) is 24.5. The molecule has 1 aromatic carbocycles. The second-order valence-electron chi connectivity index (χ2n) is 6.54. The molecule has 1 rings (SSSR count). The Kier molecular flexibility index (Phi) is 14.8. The number of aryl methyl sites for hydroxylation is 1. The number of unbranched alkanes of at least 4 members (excludes halogenated alkanes) is 3. The molecule has 0 bridgehead atoms. The van der Waals surface area contributed by atoms with Crippen LogP contribution in [-0.4, -0.2) is 29.4 Å². The molecule has 0 saturated heterocycles. The van der Waals surface area contributed by atoms with Gasteiger partial charge in [0.1, 0.15) is 12.4 Å². The molecule has 0 unspecified atom stereocenters. The maximum absolute atomic E-state index is 10.2. The molecule has 0 heterocycles. The Morgan fingerprint density at radius 1 is 0.885 bits per heavy atom. The molecule has 0 aliphatic heterocycles. The lowest BCUT2D eigenvalue weighted by molar-refractivity contribution is -0.142. The van der Waals surface area contributed by atoms with Crippen LogP contribution in [0, 0.1) is 0 Å². The van der Waals surface area contributed by atoms with Gasteiger partial charge in [0.15, 0.2) is 0 Å². The van der Waals surface area contributed by atoms with Crippen molar-refractivity contribution in [3.05, 3.63) is 28.8 Å². The number of carboxylic acids is 1. The van der Waals surface area contributed by atoms with E-state index in [4.69, 9.17) is 5.11 Å². The van der Waals surface area contributed by atoms with E-state index in [0.717, 1.165) is 19.3 Å². The Hall–Kier alpha value is -1.55. The maximum atomic E-state index is 10.2. The third-order valence-electron chi connectivity index (χ3n) is 4.29. The standard InChI is InChI=1S/C18H30O.C4H8O3/c1-4-7-10-15-13-14-18(19)17(12-9-6-3)16(15)11-8-5-2;1-2-7-3-4(5)6/h13-14,19H,4-12H2,1-3H3;2-3H2,1H3,(H,5,6). The third kappa shape index (κ3) is 10.4. The summed E-state index contributed by atoms with van der Waals surface area (Å²) in [5.41, 5.74) is 4.15. The number of carbonyl (C=O) groups is 1. The van der Waals surface area contributed by atoms with Crippen LogP contribution in [-0.2, 0) is 28.8 Å². The van der Waals surface area contributed by atoms with E-state index in [0.29, 0.717) is 12.4 Å². The molecule has 150 valence electrons. The number of aromatic hydroxyl groups is 1. The van der Waals surface area contributed by atoms with Gasteiger partial charge in [-0.05, 0) is 68.2 Å². The summed E-state index contributed by atoms with van der Waals surface area (Å²) >= 11 is 0. The largest absolute Gasteiger partial charge is 0.508 e. The molecule has 26 heavy (non-hydrogen) atoms. The summed E-state index contributed by atoms with van der Waals surface area (Å²) in [5, 5.41) is 18.1. The van der Waals surface area contributed by atoms with Crippen molar-refractivity contribution in [2.75, 3.05) is 13.2 Å². The molecule has 0 atom stereocenters. The predicted molar refractivity (Wildman–Crippen MR) is 108 cm³/mol. The van der Waals surface area contributed by atoms with Crippen molar-refractivity contribution >= 4 is 5.97 Å². The van der Waals surface area contributed by atoms with E-state index in [1.807, 2.05) is 6.07 Å². The number of rotatable bonds is 12. The van der Waals surface area contributed by atoms with Crippen LogP contribution < -0.4 is 0 Å². The zero-order chi connectivity index (χ0) is 19.8. The first-order valence-corrected chi connectivity index (χ1v) is 10.1. The molecule has 0 aliphatic carbocycles. The second kappa shape index (κ2) is 15.7. The number of ether oxygens (including phenoxy) is 1. The van der Waals surface area contributed by atoms with E-state index in [9.17, 15) is 9.90 Å². The molecule has 0 spiro atoms. The normalized spacial score (nSPS) is 10.3. The third-order valence-corrected chi connectivity index (χ3v) is 4.29. The summed E-state index contributed by atoms with van der Waals surface area (Å²) in [6, 6.07) is 4.05. The van der Waals surface area contributed by atoms with Crippen LogP contribution in [0.5, 0.6) is 5.75 Å². The van der Waals surface area contributed by atoms with Gasteiger partial charge in [-0.25, -0.2) is 4.79 Å². The molecule has 2 N–H and O–H groups in total. The summed E-state index contributed by atoms with van der Waals surface area (Å²) in [7, 11) is 0. The summed E-state index contributed by atoms with van der Waals surface area (Å²) < 4.78 is 4.50.